The molecule has 1 amide bonds. The highest BCUT2D eigenvalue weighted by atomic mass is 16.3. The molecule has 2 heterocycles. The molecule has 0 saturated carbocycles. The Bertz CT molecular complexity index is 839. The van der Waals surface area contributed by atoms with Gasteiger partial charge in [-0.05, 0) is 55.2 Å². The molecule has 2 aromatic rings. The van der Waals surface area contributed by atoms with Crippen molar-refractivity contribution in [2.75, 3.05) is 60.9 Å². The van der Waals surface area contributed by atoms with Gasteiger partial charge in [-0.3, -0.25) is 9.69 Å². The number of carbonyl (C=O) groups is 1. The van der Waals surface area contributed by atoms with E-state index < -0.39 is 0 Å². The number of piperazine rings is 1. The molecule has 0 spiro atoms. The van der Waals surface area contributed by atoms with Crippen molar-refractivity contribution in [1.82, 2.24) is 4.90 Å². The molecule has 0 unspecified atom stereocenters. The van der Waals surface area contributed by atoms with Gasteiger partial charge in [-0.2, -0.15) is 0 Å². The van der Waals surface area contributed by atoms with Crippen LogP contribution in [0.1, 0.15) is 19.8 Å². The van der Waals surface area contributed by atoms with Crippen LogP contribution < -0.4 is 15.1 Å². The van der Waals surface area contributed by atoms with Gasteiger partial charge in [0.2, 0.25) is 5.91 Å². The maximum absolute atomic E-state index is 12.5. The number of rotatable bonds is 5. The van der Waals surface area contributed by atoms with Gasteiger partial charge >= 0.3 is 0 Å². The molecule has 2 aromatic carbocycles. The Hall–Kier alpha value is -2.73. The number of piperidine rings is 1. The maximum Gasteiger partial charge on any atom is 0.238 e. The van der Waals surface area contributed by atoms with Crippen LogP contribution in [0.15, 0.2) is 48.5 Å². The first kappa shape index (κ1) is 20.5. The van der Waals surface area contributed by atoms with Crippen molar-refractivity contribution in [3.63, 3.8) is 0 Å². The van der Waals surface area contributed by atoms with Gasteiger partial charge < -0.3 is 20.2 Å². The molecular weight excluding hydrogens is 376 g/mol. The lowest BCUT2D eigenvalue weighted by Crippen LogP contribution is -2.48. The summed E-state index contributed by atoms with van der Waals surface area (Å²) in [6.07, 6.45) is 2.49. The minimum atomic E-state index is 0.0190. The SMILES string of the molecule is CC1CCN(c2ccc(NC(=O)CN3CCN(c4ccccc4O)CC3)cc2)CC1. The number of phenols is 1. The van der Waals surface area contributed by atoms with E-state index in [0.717, 1.165) is 56.6 Å². The molecule has 2 N–H and O–H groups in total. The van der Waals surface area contributed by atoms with Crippen LogP contribution in [-0.2, 0) is 4.79 Å². The first-order valence-electron chi connectivity index (χ1n) is 11.0. The summed E-state index contributed by atoms with van der Waals surface area (Å²) in [6.45, 7) is 8.13. The van der Waals surface area contributed by atoms with Crippen LogP contribution in [0, 0.1) is 5.92 Å². The summed E-state index contributed by atoms with van der Waals surface area (Å²) in [5.74, 6) is 1.15. The fraction of sp³-hybridized carbons (Fsp3) is 0.458. The predicted molar refractivity (Wildman–Crippen MR) is 122 cm³/mol. The summed E-state index contributed by atoms with van der Waals surface area (Å²) in [4.78, 5) is 19.3. The van der Waals surface area contributed by atoms with Gasteiger partial charge in [-0.1, -0.05) is 19.1 Å². The average molecular weight is 409 g/mol. The molecule has 30 heavy (non-hydrogen) atoms. The van der Waals surface area contributed by atoms with Crippen LogP contribution in [0.3, 0.4) is 0 Å². The standard InChI is InChI=1S/C24H32N4O2/c1-19-10-12-27(13-11-19)21-8-6-20(7-9-21)25-24(30)18-26-14-16-28(17-15-26)22-4-2-3-5-23(22)29/h2-9,19,29H,10-18H2,1H3,(H,25,30). The Morgan fingerprint density at radius 1 is 0.933 bits per heavy atom. The van der Waals surface area contributed by atoms with Crippen molar-refractivity contribution in [2.45, 2.75) is 19.8 Å². The number of para-hydroxylation sites is 2. The third-order valence-electron chi connectivity index (χ3n) is 6.26. The van der Waals surface area contributed by atoms with Crippen LogP contribution in [0.4, 0.5) is 17.1 Å². The van der Waals surface area contributed by atoms with Crippen molar-refractivity contribution in [1.29, 1.82) is 0 Å². The lowest BCUT2D eigenvalue weighted by Gasteiger charge is -2.35. The van der Waals surface area contributed by atoms with E-state index in [1.807, 2.05) is 30.3 Å². The van der Waals surface area contributed by atoms with Gasteiger partial charge in [0, 0.05) is 50.6 Å². The Labute approximate surface area is 179 Å². The summed E-state index contributed by atoms with van der Waals surface area (Å²) in [6, 6.07) is 15.6. The molecule has 2 aliphatic heterocycles. The van der Waals surface area contributed by atoms with E-state index in [2.05, 4.69) is 39.1 Å². The van der Waals surface area contributed by atoms with E-state index in [-0.39, 0.29) is 5.91 Å². The highest BCUT2D eigenvalue weighted by Crippen LogP contribution is 2.27. The summed E-state index contributed by atoms with van der Waals surface area (Å²) in [7, 11) is 0. The molecule has 6 nitrogen and oxygen atoms in total. The molecule has 0 radical (unpaired) electrons. The van der Waals surface area contributed by atoms with Crippen LogP contribution in [0.5, 0.6) is 5.75 Å². The number of aromatic hydroxyl groups is 1. The zero-order chi connectivity index (χ0) is 20.9. The second-order valence-corrected chi connectivity index (χ2v) is 8.52. The molecule has 6 heteroatoms. The van der Waals surface area contributed by atoms with Crippen LogP contribution in [-0.4, -0.2) is 61.7 Å². The van der Waals surface area contributed by atoms with Gasteiger partial charge in [-0.15, -0.1) is 0 Å². The molecule has 0 aliphatic carbocycles. The number of amides is 1. The van der Waals surface area contributed by atoms with Crippen molar-refractivity contribution >= 4 is 23.0 Å². The maximum atomic E-state index is 12.5. The Balaban J connectivity index is 1.24. The lowest BCUT2D eigenvalue weighted by molar-refractivity contribution is -0.117. The first-order valence-corrected chi connectivity index (χ1v) is 11.0. The van der Waals surface area contributed by atoms with E-state index in [9.17, 15) is 9.90 Å². The van der Waals surface area contributed by atoms with E-state index in [1.54, 1.807) is 6.07 Å². The highest BCUT2D eigenvalue weighted by Gasteiger charge is 2.21. The molecule has 2 fully saturated rings. The fourth-order valence-corrected chi connectivity index (χ4v) is 4.30. The first-order chi connectivity index (χ1) is 14.6. The van der Waals surface area contributed by atoms with E-state index in [1.165, 1.54) is 18.5 Å². The predicted octanol–water partition coefficient (Wildman–Crippen LogP) is 3.39. The summed E-state index contributed by atoms with van der Waals surface area (Å²) in [5.41, 5.74) is 2.95. The lowest BCUT2D eigenvalue weighted by atomic mass is 9.99. The quantitative estimate of drug-likeness (QED) is 0.794. The Kier molecular flexibility index (Phi) is 6.43. The van der Waals surface area contributed by atoms with E-state index in [4.69, 9.17) is 0 Å². The number of carbonyl (C=O) groups excluding carboxylic acids is 1. The second kappa shape index (κ2) is 9.39. The van der Waals surface area contributed by atoms with Crippen molar-refractivity contribution < 1.29 is 9.90 Å². The van der Waals surface area contributed by atoms with Gasteiger partial charge in [0.25, 0.3) is 0 Å². The third kappa shape index (κ3) is 5.05. The van der Waals surface area contributed by atoms with E-state index >= 15 is 0 Å². The van der Waals surface area contributed by atoms with Gasteiger partial charge in [0.1, 0.15) is 5.75 Å². The molecule has 160 valence electrons. The molecule has 0 atom stereocenters. The monoisotopic (exact) mass is 408 g/mol. The smallest absolute Gasteiger partial charge is 0.238 e. The second-order valence-electron chi connectivity index (χ2n) is 8.52. The van der Waals surface area contributed by atoms with Crippen molar-refractivity contribution in [3.8, 4) is 5.75 Å². The zero-order valence-corrected chi connectivity index (χ0v) is 17.8. The van der Waals surface area contributed by atoms with Crippen LogP contribution in [0.25, 0.3) is 0 Å². The van der Waals surface area contributed by atoms with Crippen molar-refractivity contribution in [2.24, 2.45) is 5.92 Å². The summed E-state index contributed by atoms with van der Waals surface area (Å²) >= 11 is 0. The Morgan fingerprint density at radius 2 is 1.60 bits per heavy atom. The van der Waals surface area contributed by atoms with Crippen LogP contribution in [0.2, 0.25) is 0 Å². The number of hydrogen-bond donors (Lipinski definition) is 2. The third-order valence-corrected chi connectivity index (χ3v) is 6.26. The van der Waals surface area contributed by atoms with Crippen LogP contribution >= 0.6 is 0 Å². The highest BCUT2D eigenvalue weighted by molar-refractivity contribution is 5.92. The van der Waals surface area contributed by atoms with Gasteiger partial charge in [-0.25, -0.2) is 0 Å². The number of hydrogen-bond acceptors (Lipinski definition) is 5. The summed E-state index contributed by atoms with van der Waals surface area (Å²) < 4.78 is 0. The molecule has 0 aromatic heterocycles. The minimum Gasteiger partial charge on any atom is -0.506 e. The minimum absolute atomic E-state index is 0.0190. The molecule has 0 bridgehead atoms. The molecule has 2 saturated heterocycles. The largest absolute Gasteiger partial charge is 0.506 e. The molecule has 4 rings (SSSR count). The molecular formula is C24H32N4O2. The summed E-state index contributed by atoms with van der Waals surface area (Å²) in [5, 5.41) is 13.1. The van der Waals surface area contributed by atoms with Gasteiger partial charge in [0.15, 0.2) is 0 Å². The number of nitrogens with zero attached hydrogens (tertiary/aromatic N) is 3. The fourth-order valence-electron chi connectivity index (χ4n) is 4.30. The Morgan fingerprint density at radius 3 is 2.27 bits per heavy atom. The topological polar surface area (TPSA) is 59.1 Å². The zero-order valence-electron chi connectivity index (χ0n) is 17.8. The normalized spacial score (nSPS) is 18.4. The van der Waals surface area contributed by atoms with Crippen molar-refractivity contribution in [3.05, 3.63) is 48.5 Å². The number of phenolic OH excluding ortho intramolecular Hbond substituents is 1. The molecule has 2 aliphatic rings. The van der Waals surface area contributed by atoms with Gasteiger partial charge in [0.05, 0.1) is 12.2 Å². The van der Waals surface area contributed by atoms with E-state index in [0.29, 0.717) is 12.3 Å². The average Bonchev–Trinajstić information content (AvgIpc) is 2.76. The number of anilines is 3. The number of benzene rings is 2. The number of nitrogens with one attached hydrogen (secondary N) is 1.